The molecule has 0 aliphatic heterocycles. The van der Waals surface area contributed by atoms with Crippen molar-refractivity contribution in [3.05, 3.63) is 0 Å². The molecule has 5 heteroatoms. The number of carbonyl (C=O) groups is 1. The molecular formula is C13H22F3NO. The van der Waals surface area contributed by atoms with Crippen LogP contribution in [0.2, 0.25) is 0 Å². The Morgan fingerprint density at radius 3 is 2.50 bits per heavy atom. The summed E-state index contributed by atoms with van der Waals surface area (Å²) in [6, 6.07) is -0.192. The summed E-state index contributed by atoms with van der Waals surface area (Å²) in [4.78, 5) is 13.2. The maximum atomic E-state index is 12.5. The normalized spacial score (nSPS) is 22.6. The van der Waals surface area contributed by atoms with Gasteiger partial charge in [-0.25, -0.2) is 0 Å². The molecule has 1 rings (SSSR count). The van der Waals surface area contributed by atoms with Crippen molar-refractivity contribution in [3.63, 3.8) is 0 Å². The van der Waals surface area contributed by atoms with E-state index in [1.165, 1.54) is 4.90 Å². The number of hydrogen-bond donors (Lipinski definition) is 0. The van der Waals surface area contributed by atoms with E-state index in [1.807, 2.05) is 0 Å². The van der Waals surface area contributed by atoms with Crippen molar-refractivity contribution in [1.82, 2.24) is 4.90 Å². The third-order valence-electron chi connectivity index (χ3n) is 3.50. The molecule has 106 valence electrons. The minimum Gasteiger partial charge on any atom is -0.299 e. The first-order valence-corrected chi connectivity index (χ1v) is 6.63. The fourth-order valence-electron chi connectivity index (χ4n) is 2.40. The molecule has 1 saturated carbocycles. The lowest BCUT2D eigenvalue weighted by atomic mass is 9.97. The summed E-state index contributed by atoms with van der Waals surface area (Å²) in [7, 11) is 0. The van der Waals surface area contributed by atoms with E-state index in [2.05, 4.69) is 0 Å². The number of alkyl halides is 3. The number of hydrogen-bond acceptors (Lipinski definition) is 2. The summed E-state index contributed by atoms with van der Waals surface area (Å²) in [6.07, 6.45) is -0.0750. The Morgan fingerprint density at radius 2 is 1.94 bits per heavy atom. The number of halogens is 3. The van der Waals surface area contributed by atoms with Crippen LogP contribution in [0, 0.1) is 5.92 Å². The van der Waals surface area contributed by atoms with Crippen molar-refractivity contribution in [2.45, 2.75) is 58.2 Å². The lowest BCUT2D eigenvalue weighted by molar-refractivity contribution is -0.152. The molecule has 1 aliphatic carbocycles. The van der Waals surface area contributed by atoms with E-state index >= 15 is 0 Å². The van der Waals surface area contributed by atoms with Crippen LogP contribution in [0.15, 0.2) is 0 Å². The Kier molecular flexibility index (Phi) is 5.63. The average molecular weight is 265 g/mol. The maximum absolute atomic E-state index is 12.5. The SMILES string of the molecule is CC(C)N(CC1CCCCCC1=O)CC(F)(F)F. The highest BCUT2D eigenvalue weighted by molar-refractivity contribution is 5.81. The van der Waals surface area contributed by atoms with Crippen LogP contribution in [0.3, 0.4) is 0 Å². The second kappa shape index (κ2) is 6.55. The predicted molar refractivity (Wildman–Crippen MR) is 64.3 cm³/mol. The average Bonchev–Trinajstić information content (AvgIpc) is 2.41. The van der Waals surface area contributed by atoms with Crippen LogP contribution in [0.5, 0.6) is 0 Å². The van der Waals surface area contributed by atoms with Gasteiger partial charge in [0.05, 0.1) is 6.54 Å². The fourth-order valence-corrected chi connectivity index (χ4v) is 2.40. The number of rotatable bonds is 4. The molecule has 0 spiro atoms. The highest BCUT2D eigenvalue weighted by Gasteiger charge is 2.34. The molecule has 1 unspecified atom stereocenters. The first-order valence-electron chi connectivity index (χ1n) is 6.63. The van der Waals surface area contributed by atoms with Crippen molar-refractivity contribution in [2.75, 3.05) is 13.1 Å². The highest BCUT2D eigenvalue weighted by Crippen LogP contribution is 2.24. The van der Waals surface area contributed by atoms with Crippen LogP contribution < -0.4 is 0 Å². The van der Waals surface area contributed by atoms with Gasteiger partial charge in [0, 0.05) is 24.9 Å². The number of nitrogens with zero attached hydrogens (tertiary/aromatic N) is 1. The first kappa shape index (κ1) is 15.5. The van der Waals surface area contributed by atoms with E-state index in [0.29, 0.717) is 6.42 Å². The second-order valence-corrected chi connectivity index (χ2v) is 5.40. The lowest BCUT2D eigenvalue weighted by Crippen LogP contribution is -2.43. The molecule has 0 aromatic heterocycles. The molecule has 0 aromatic carbocycles. The van der Waals surface area contributed by atoms with Gasteiger partial charge in [0.25, 0.3) is 0 Å². The molecule has 18 heavy (non-hydrogen) atoms. The van der Waals surface area contributed by atoms with Crippen molar-refractivity contribution in [1.29, 1.82) is 0 Å². The van der Waals surface area contributed by atoms with E-state index in [0.717, 1.165) is 25.7 Å². The standard InChI is InChI=1S/C13H22F3NO/c1-10(2)17(9-13(14,15)16)8-11-6-4-3-5-7-12(11)18/h10-11H,3-9H2,1-2H3. The largest absolute Gasteiger partial charge is 0.401 e. The van der Waals surface area contributed by atoms with Crippen LogP contribution in [-0.2, 0) is 4.79 Å². The lowest BCUT2D eigenvalue weighted by Gasteiger charge is -2.30. The van der Waals surface area contributed by atoms with Crippen molar-refractivity contribution >= 4 is 5.78 Å². The summed E-state index contributed by atoms with van der Waals surface area (Å²) in [5.41, 5.74) is 0. The maximum Gasteiger partial charge on any atom is 0.401 e. The second-order valence-electron chi connectivity index (χ2n) is 5.40. The highest BCUT2D eigenvalue weighted by atomic mass is 19.4. The van der Waals surface area contributed by atoms with Crippen molar-refractivity contribution in [2.24, 2.45) is 5.92 Å². The Morgan fingerprint density at radius 1 is 1.28 bits per heavy atom. The van der Waals surface area contributed by atoms with Gasteiger partial charge in [-0.3, -0.25) is 9.69 Å². The first-order chi connectivity index (χ1) is 8.29. The van der Waals surface area contributed by atoms with Crippen molar-refractivity contribution < 1.29 is 18.0 Å². The molecule has 0 N–H and O–H groups in total. The Bertz CT molecular complexity index is 276. The number of ketones is 1. The Balaban J connectivity index is 2.61. The molecule has 1 aliphatic rings. The van der Waals surface area contributed by atoms with Gasteiger partial charge in [-0.05, 0) is 26.7 Å². The molecule has 0 saturated heterocycles. The molecule has 0 heterocycles. The van der Waals surface area contributed by atoms with E-state index in [-0.39, 0.29) is 24.3 Å². The minimum absolute atomic E-state index is 0.139. The molecule has 0 radical (unpaired) electrons. The van der Waals surface area contributed by atoms with E-state index < -0.39 is 12.7 Å². The smallest absolute Gasteiger partial charge is 0.299 e. The van der Waals surface area contributed by atoms with Crippen LogP contribution in [-0.4, -0.2) is 36.0 Å². The fraction of sp³-hybridized carbons (Fsp3) is 0.923. The molecular weight excluding hydrogens is 243 g/mol. The van der Waals surface area contributed by atoms with Gasteiger partial charge in [-0.2, -0.15) is 13.2 Å². The number of carbonyl (C=O) groups excluding carboxylic acids is 1. The summed E-state index contributed by atoms with van der Waals surface area (Å²) >= 11 is 0. The third-order valence-corrected chi connectivity index (χ3v) is 3.50. The van der Waals surface area contributed by atoms with Crippen LogP contribution in [0.1, 0.15) is 46.0 Å². The number of Topliss-reactive ketones (excluding diaryl/α,β-unsaturated/α-hetero) is 1. The van der Waals surface area contributed by atoms with Crippen LogP contribution >= 0.6 is 0 Å². The topological polar surface area (TPSA) is 20.3 Å². The molecule has 1 fully saturated rings. The van der Waals surface area contributed by atoms with Crippen LogP contribution in [0.25, 0.3) is 0 Å². The van der Waals surface area contributed by atoms with E-state index in [4.69, 9.17) is 0 Å². The van der Waals surface area contributed by atoms with Gasteiger partial charge in [0.15, 0.2) is 0 Å². The molecule has 0 amide bonds. The molecule has 2 nitrogen and oxygen atoms in total. The van der Waals surface area contributed by atoms with Gasteiger partial charge in [-0.15, -0.1) is 0 Å². The van der Waals surface area contributed by atoms with Crippen molar-refractivity contribution in [3.8, 4) is 0 Å². The minimum atomic E-state index is -4.20. The molecule has 1 atom stereocenters. The Labute approximate surface area is 107 Å². The Hall–Kier alpha value is -0.580. The monoisotopic (exact) mass is 265 g/mol. The quantitative estimate of drug-likeness (QED) is 0.726. The van der Waals surface area contributed by atoms with Gasteiger partial charge in [0.2, 0.25) is 0 Å². The zero-order valence-corrected chi connectivity index (χ0v) is 11.1. The van der Waals surface area contributed by atoms with Gasteiger partial charge in [0.1, 0.15) is 5.78 Å². The molecule has 0 aromatic rings. The summed E-state index contributed by atoms with van der Waals surface area (Å²) in [6.45, 7) is 2.81. The summed E-state index contributed by atoms with van der Waals surface area (Å²) in [5.74, 6) is -0.0717. The van der Waals surface area contributed by atoms with Gasteiger partial charge < -0.3 is 0 Å². The van der Waals surface area contributed by atoms with E-state index in [9.17, 15) is 18.0 Å². The zero-order chi connectivity index (χ0) is 13.8. The summed E-state index contributed by atoms with van der Waals surface area (Å²) in [5, 5.41) is 0. The molecule has 0 bridgehead atoms. The summed E-state index contributed by atoms with van der Waals surface area (Å²) < 4.78 is 37.4. The van der Waals surface area contributed by atoms with Gasteiger partial charge in [-0.1, -0.05) is 12.8 Å². The zero-order valence-electron chi connectivity index (χ0n) is 11.1. The van der Waals surface area contributed by atoms with Crippen LogP contribution in [0.4, 0.5) is 13.2 Å². The predicted octanol–water partition coefficient (Wildman–Crippen LogP) is 3.41. The van der Waals surface area contributed by atoms with E-state index in [1.54, 1.807) is 13.8 Å². The third kappa shape index (κ3) is 5.38. The van der Waals surface area contributed by atoms with Gasteiger partial charge >= 0.3 is 6.18 Å².